The van der Waals surface area contributed by atoms with E-state index in [1.807, 2.05) is 48.5 Å². The fourth-order valence-electron chi connectivity index (χ4n) is 5.52. The van der Waals surface area contributed by atoms with E-state index < -0.39 is 10.8 Å². The molecule has 2 heterocycles. The van der Waals surface area contributed by atoms with Gasteiger partial charge < -0.3 is 20.9 Å². The van der Waals surface area contributed by atoms with Crippen molar-refractivity contribution in [2.24, 2.45) is 11.5 Å². The molecule has 2 fully saturated rings. The smallest absolute Gasteiger partial charge is 0.228 e. The molecule has 48 heavy (non-hydrogen) atoms. The molecule has 2 saturated heterocycles. The molecule has 11 heteroatoms. The number of hydrogen-bond acceptors (Lipinski definition) is 6. The van der Waals surface area contributed by atoms with Crippen molar-refractivity contribution in [3.63, 3.8) is 0 Å². The van der Waals surface area contributed by atoms with E-state index in [0.29, 0.717) is 52.1 Å². The molecule has 0 aromatic heterocycles. The number of hydrogen-bond donors (Lipinski definition) is 3. The van der Waals surface area contributed by atoms with E-state index in [1.165, 1.54) is 36.0 Å². The molecule has 256 valence electrons. The van der Waals surface area contributed by atoms with E-state index in [4.69, 9.17) is 20.9 Å². The van der Waals surface area contributed by atoms with Crippen LogP contribution in [0.25, 0.3) is 0 Å². The summed E-state index contributed by atoms with van der Waals surface area (Å²) >= 11 is 8.92. The Hall–Kier alpha value is -3.22. The second-order valence-electron chi connectivity index (χ2n) is 11.2. The molecule has 0 unspecified atom stereocenters. The second-order valence-corrected chi connectivity index (χ2v) is 13.8. The summed E-state index contributed by atoms with van der Waals surface area (Å²) in [4.78, 5) is 26.6. The average molecular weight is 760 g/mol. The first-order valence-corrected chi connectivity index (χ1v) is 17.1. The molecule has 0 bridgehead atoms. The standard InChI is InChI=1S/C18H18FNO2S.C12H14BrNO2.C6H5FS.CH4/c19-14-4-6-15(7-5-14)23-16-3-1-2-13(12-16)18(17(20)21)8-10-22-11-9-18;13-10-3-1-2-9(8-10)12(11(14)15)4-6-16-7-5-12;7-5-1-3-6(8)4-2-5;/h1-7,12H,8-11H2,(H2,20,21);1-3,8H,4-7H2,(H2,14,15);1-4,8H;1H4. The van der Waals surface area contributed by atoms with Crippen LogP contribution in [-0.2, 0) is 29.9 Å². The monoisotopic (exact) mass is 758 g/mol. The number of halogens is 3. The Labute approximate surface area is 299 Å². The minimum absolute atomic E-state index is 0. The summed E-state index contributed by atoms with van der Waals surface area (Å²) in [7, 11) is 0. The molecule has 2 amide bonds. The first kappa shape index (κ1) is 39.2. The molecule has 6 rings (SSSR count). The van der Waals surface area contributed by atoms with Gasteiger partial charge in [0.2, 0.25) is 11.8 Å². The van der Waals surface area contributed by atoms with Gasteiger partial charge in [-0.05, 0) is 110 Å². The Morgan fingerprint density at radius 1 is 0.667 bits per heavy atom. The van der Waals surface area contributed by atoms with E-state index >= 15 is 0 Å². The number of carbonyl (C=O) groups is 2. The number of carbonyl (C=O) groups excluding carboxylic acids is 2. The minimum atomic E-state index is -0.655. The Kier molecular flexibility index (Phi) is 15.1. The van der Waals surface area contributed by atoms with Crippen LogP contribution in [0.15, 0.2) is 116 Å². The van der Waals surface area contributed by atoms with Gasteiger partial charge in [0.15, 0.2) is 0 Å². The van der Waals surface area contributed by atoms with Crippen LogP contribution in [0.3, 0.4) is 0 Å². The van der Waals surface area contributed by atoms with Crippen LogP contribution in [0.4, 0.5) is 8.78 Å². The molecule has 0 atom stereocenters. The fourth-order valence-corrected chi connectivity index (χ4v) is 6.94. The maximum atomic E-state index is 13.0. The molecule has 0 saturated carbocycles. The number of benzene rings is 4. The maximum Gasteiger partial charge on any atom is 0.228 e. The van der Waals surface area contributed by atoms with E-state index in [-0.39, 0.29) is 30.9 Å². The van der Waals surface area contributed by atoms with Gasteiger partial charge in [0.1, 0.15) is 11.6 Å². The van der Waals surface area contributed by atoms with Crippen molar-refractivity contribution in [2.45, 2.75) is 58.6 Å². The molecular weight excluding hydrogens is 718 g/mol. The number of thiol groups is 1. The Balaban J connectivity index is 0.000000216. The second kappa shape index (κ2) is 18.5. The van der Waals surface area contributed by atoms with Gasteiger partial charge in [-0.25, -0.2) is 8.78 Å². The molecule has 4 aromatic carbocycles. The summed E-state index contributed by atoms with van der Waals surface area (Å²) in [5.74, 6) is -1.03. The predicted molar refractivity (Wildman–Crippen MR) is 193 cm³/mol. The third-order valence-corrected chi connectivity index (χ3v) is 10.1. The molecule has 4 N–H and O–H groups in total. The van der Waals surface area contributed by atoms with Gasteiger partial charge in [0.25, 0.3) is 0 Å². The van der Waals surface area contributed by atoms with Gasteiger partial charge in [-0.3, -0.25) is 9.59 Å². The van der Waals surface area contributed by atoms with Gasteiger partial charge in [-0.2, -0.15) is 0 Å². The maximum absolute atomic E-state index is 13.0. The fraction of sp³-hybridized carbons (Fsp3) is 0.297. The van der Waals surface area contributed by atoms with Crippen LogP contribution in [0.2, 0.25) is 0 Å². The first-order chi connectivity index (χ1) is 22.5. The van der Waals surface area contributed by atoms with E-state index in [9.17, 15) is 18.4 Å². The lowest BCUT2D eigenvalue weighted by molar-refractivity contribution is -0.127. The third-order valence-electron chi connectivity index (χ3n) is 8.28. The van der Waals surface area contributed by atoms with Crippen molar-refractivity contribution in [1.82, 2.24) is 0 Å². The zero-order valence-corrected chi connectivity index (χ0v) is 29.0. The Morgan fingerprint density at radius 3 is 1.54 bits per heavy atom. The van der Waals surface area contributed by atoms with Crippen LogP contribution in [0, 0.1) is 11.6 Å². The number of rotatable bonds is 6. The van der Waals surface area contributed by atoms with E-state index in [0.717, 1.165) is 30.3 Å². The zero-order chi connectivity index (χ0) is 33.9. The van der Waals surface area contributed by atoms with Crippen molar-refractivity contribution in [2.75, 3.05) is 26.4 Å². The van der Waals surface area contributed by atoms with Crippen LogP contribution >= 0.6 is 40.3 Å². The van der Waals surface area contributed by atoms with Crippen molar-refractivity contribution in [3.05, 3.63) is 124 Å². The highest BCUT2D eigenvalue weighted by Crippen LogP contribution is 2.38. The number of nitrogens with two attached hydrogens (primary N) is 2. The van der Waals surface area contributed by atoms with Gasteiger partial charge in [-0.1, -0.05) is 59.4 Å². The first-order valence-electron chi connectivity index (χ1n) is 15.0. The highest BCUT2D eigenvalue weighted by atomic mass is 79.9. The molecule has 0 spiro atoms. The number of amides is 2. The molecule has 0 aliphatic carbocycles. The van der Waals surface area contributed by atoms with Crippen LogP contribution in [-0.4, -0.2) is 38.2 Å². The zero-order valence-electron chi connectivity index (χ0n) is 25.7. The summed E-state index contributed by atoms with van der Waals surface area (Å²) in [6, 6.07) is 28.0. The van der Waals surface area contributed by atoms with Gasteiger partial charge >= 0.3 is 0 Å². The summed E-state index contributed by atoms with van der Waals surface area (Å²) in [5, 5.41) is 0. The molecule has 0 radical (unpaired) electrons. The lowest BCUT2D eigenvalue weighted by Crippen LogP contribution is -2.45. The van der Waals surface area contributed by atoms with Crippen LogP contribution in [0.5, 0.6) is 0 Å². The van der Waals surface area contributed by atoms with Gasteiger partial charge in [0.05, 0.1) is 10.8 Å². The normalized spacial score (nSPS) is 16.1. The lowest BCUT2D eigenvalue weighted by atomic mass is 9.73. The average Bonchev–Trinajstić information content (AvgIpc) is 3.08. The van der Waals surface area contributed by atoms with Crippen molar-refractivity contribution in [3.8, 4) is 0 Å². The highest BCUT2D eigenvalue weighted by Gasteiger charge is 2.41. The molecule has 6 nitrogen and oxygen atoms in total. The third kappa shape index (κ3) is 10.4. The summed E-state index contributed by atoms with van der Waals surface area (Å²) in [5.41, 5.74) is 12.0. The highest BCUT2D eigenvalue weighted by molar-refractivity contribution is 9.10. The largest absolute Gasteiger partial charge is 0.381 e. The molecule has 2 aliphatic rings. The SMILES string of the molecule is C.Fc1ccc(S)cc1.NC(=O)C1(c2cccc(Br)c2)CCOCC1.NC(=O)C1(c2cccc(Sc3ccc(F)cc3)c2)CCOCC1. The van der Waals surface area contributed by atoms with E-state index in [1.54, 1.807) is 24.3 Å². The molecule has 2 aliphatic heterocycles. The van der Waals surface area contributed by atoms with E-state index in [2.05, 4.69) is 28.6 Å². The lowest BCUT2D eigenvalue weighted by Gasteiger charge is -2.34. The van der Waals surface area contributed by atoms with Crippen molar-refractivity contribution in [1.29, 1.82) is 0 Å². The van der Waals surface area contributed by atoms with Gasteiger partial charge in [0, 0.05) is 45.6 Å². The van der Waals surface area contributed by atoms with Crippen molar-refractivity contribution < 1.29 is 27.8 Å². The number of primary amides is 2. The molecular formula is C37H41BrF2N2O4S2. The van der Waals surface area contributed by atoms with Crippen LogP contribution < -0.4 is 11.5 Å². The topological polar surface area (TPSA) is 105 Å². The number of ether oxygens (including phenoxy) is 2. The Morgan fingerprint density at radius 2 is 1.10 bits per heavy atom. The quantitative estimate of drug-likeness (QED) is 0.172. The van der Waals surface area contributed by atoms with Crippen molar-refractivity contribution >= 4 is 52.1 Å². The molecule has 4 aromatic rings. The Bertz CT molecular complexity index is 1610. The summed E-state index contributed by atoms with van der Waals surface area (Å²) < 4.78 is 36.7. The summed E-state index contributed by atoms with van der Waals surface area (Å²) in [6.45, 7) is 2.27. The van der Waals surface area contributed by atoms with Gasteiger partial charge in [-0.15, -0.1) is 12.6 Å². The minimum Gasteiger partial charge on any atom is -0.381 e. The predicted octanol–water partition coefficient (Wildman–Crippen LogP) is 8.24. The van der Waals surface area contributed by atoms with Crippen LogP contribution in [0.1, 0.15) is 44.2 Å². The summed E-state index contributed by atoms with van der Waals surface area (Å²) in [6.07, 6.45) is 2.54.